The molecule has 0 aliphatic carbocycles. The molecule has 0 spiro atoms. The van der Waals surface area contributed by atoms with E-state index in [1.165, 1.54) is 5.56 Å². The van der Waals surface area contributed by atoms with Crippen molar-refractivity contribution in [1.29, 1.82) is 0 Å². The molecule has 1 N–H and O–H groups in total. The van der Waals surface area contributed by atoms with Gasteiger partial charge in [-0.1, -0.05) is 31.2 Å². The van der Waals surface area contributed by atoms with Gasteiger partial charge in [0.15, 0.2) is 0 Å². The van der Waals surface area contributed by atoms with E-state index in [-0.39, 0.29) is 17.9 Å². The number of amides is 1. The monoisotopic (exact) mass is 481 g/mol. The van der Waals surface area contributed by atoms with Crippen molar-refractivity contribution in [2.45, 2.75) is 26.3 Å². The van der Waals surface area contributed by atoms with Gasteiger partial charge in [-0.25, -0.2) is 4.79 Å². The fourth-order valence-corrected chi connectivity index (χ4v) is 4.61. The number of carbonyl (C=O) groups excluding carboxylic acids is 2. The van der Waals surface area contributed by atoms with Gasteiger partial charge in [-0.15, -0.1) is 0 Å². The van der Waals surface area contributed by atoms with Crippen LogP contribution in [0.2, 0.25) is 0 Å². The van der Waals surface area contributed by atoms with Crippen molar-refractivity contribution in [3.63, 3.8) is 0 Å². The highest BCUT2D eigenvalue weighted by atomic mass is 16.5. The Bertz CT molecular complexity index is 1390. The maximum absolute atomic E-state index is 13.7. The van der Waals surface area contributed by atoms with Crippen LogP contribution in [0.15, 0.2) is 72.8 Å². The zero-order valence-corrected chi connectivity index (χ0v) is 20.4. The largest absolute Gasteiger partial charge is 0.497 e. The quantitative estimate of drug-likeness (QED) is 0.349. The SMILES string of the molecule is CCOC(=O)c1ccc(N2C(=O)c3[nH]nc(-c4ccc(OC)cc4)c3[C@@H]2c2ccc(CC)cc2)cc1. The van der Waals surface area contributed by atoms with Crippen molar-refractivity contribution in [3.8, 4) is 17.0 Å². The molecule has 0 saturated heterocycles. The van der Waals surface area contributed by atoms with Gasteiger partial charge in [0.05, 0.1) is 31.0 Å². The van der Waals surface area contributed by atoms with Crippen LogP contribution in [-0.2, 0) is 11.2 Å². The Kier molecular flexibility index (Phi) is 6.29. The summed E-state index contributed by atoms with van der Waals surface area (Å²) in [5.74, 6) is 0.183. The second-order valence-corrected chi connectivity index (χ2v) is 8.53. The fraction of sp³-hybridized carbons (Fsp3) is 0.207. The molecule has 36 heavy (non-hydrogen) atoms. The lowest BCUT2D eigenvalue weighted by molar-refractivity contribution is 0.0526. The molecule has 0 bridgehead atoms. The van der Waals surface area contributed by atoms with Crippen molar-refractivity contribution in [2.75, 3.05) is 18.6 Å². The molecular formula is C29H27N3O4. The molecule has 7 nitrogen and oxygen atoms in total. The van der Waals surface area contributed by atoms with Gasteiger partial charge < -0.3 is 9.47 Å². The molecule has 0 saturated carbocycles. The standard InChI is InChI=1S/C29H27N3O4/c1-4-18-6-8-20(9-7-18)27-24-25(19-12-16-23(35-3)17-13-19)30-31-26(24)28(33)32(27)22-14-10-21(11-15-22)29(34)36-5-2/h6-17,27H,4-5H2,1-3H3,(H,30,31)/t27-/m0/s1. The first-order valence-electron chi connectivity index (χ1n) is 12.0. The van der Waals surface area contributed by atoms with E-state index in [0.717, 1.165) is 34.6 Å². The molecule has 1 aliphatic rings. The van der Waals surface area contributed by atoms with Gasteiger partial charge in [0.1, 0.15) is 11.4 Å². The first-order valence-corrected chi connectivity index (χ1v) is 12.0. The molecule has 5 rings (SSSR count). The molecular weight excluding hydrogens is 454 g/mol. The van der Waals surface area contributed by atoms with E-state index in [1.54, 1.807) is 43.2 Å². The molecule has 0 unspecified atom stereocenters. The summed E-state index contributed by atoms with van der Waals surface area (Å²) in [6, 6.07) is 22.5. The molecule has 3 aromatic carbocycles. The van der Waals surface area contributed by atoms with Gasteiger partial charge in [0, 0.05) is 16.8 Å². The minimum Gasteiger partial charge on any atom is -0.497 e. The molecule has 1 atom stereocenters. The summed E-state index contributed by atoms with van der Waals surface area (Å²) in [5, 5.41) is 7.52. The minimum absolute atomic E-state index is 0.175. The van der Waals surface area contributed by atoms with Crippen molar-refractivity contribution >= 4 is 17.6 Å². The third-order valence-corrected chi connectivity index (χ3v) is 6.49. The number of ether oxygens (including phenoxy) is 2. The van der Waals surface area contributed by atoms with Gasteiger partial charge in [0.2, 0.25) is 0 Å². The lowest BCUT2D eigenvalue weighted by atomic mass is 9.95. The number of benzene rings is 3. The molecule has 182 valence electrons. The van der Waals surface area contributed by atoms with Crippen molar-refractivity contribution < 1.29 is 19.1 Å². The molecule has 0 fully saturated rings. The van der Waals surface area contributed by atoms with Gasteiger partial charge in [-0.3, -0.25) is 14.8 Å². The van der Waals surface area contributed by atoms with E-state index in [1.807, 2.05) is 24.3 Å². The first kappa shape index (κ1) is 23.4. The number of hydrogen-bond donors (Lipinski definition) is 1. The summed E-state index contributed by atoms with van der Waals surface area (Å²) >= 11 is 0. The number of fused-ring (bicyclic) bond motifs is 1. The Morgan fingerprint density at radius 1 is 0.972 bits per heavy atom. The van der Waals surface area contributed by atoms with E-state index >= 15 is 0 Å². The Morgan fingerprint density at radius 3 is 2.28 bits per heavy atom. The Hall–Kier alpha value is -4.39. The number of anilines is 1. The number of esters is 1. The predicted octanol–water partition coefficient (Wildman–Crippen LogP) is 5.57. The number of H-pyrrole nitrogens is 1. The topological polar surface area (TPSA) is 84.5 Å². The average Bonchev–Trinajstić information content (AvgIpc) is 3.48. The number of aromatic nitrogens is 2. The van der Waals surface area contributed by atoms with Gasteiger partial charge in [-0.2, -0.15) is 5.10 Å². The van der Waals surface area contributed by atoms with Crippen LogP contribution in [0.5, 0.6) is 5.75 Å². The lowest BCUT2D eigenvalue weighted by Crippen LogP contribution is -2.29. The second kappa shape index (κ2) is 9.70. The van der Waals surface area contributed by atoms with E-state index in [0.29, 0.717) is 23.6 Å². The Morgan fingerprint density at radius 2 is 1.67 bits per heavy atom. The summed E-state index contributed by atoms with van der Waals surface area (Å²) in [6.45, 7) is 4.18. The fourth-order valence-electron chi connectivity index (χ4n) is 4.61. The first-order chi connectivity index (χ1) is 17.5. The summed E-state index contributed by atoms with van der Waals surface area (Å²) in [7, 11) is 1.63. The third-order valence-electron chi connectivity index (χ3n) is 6.49. The summed E-state index contributed by atoms with van der Waals surface area (Å²) < 4.78 is 10.4. The average molecular weight is 482 g/mol. The molecule has 1 amide bonds. The van der Waals surface area contributed by atoms with Crippen LogP contribution in [0.1, 0.15) is 57.4 Å². The lowest BCUT2D eigenvalue weighted by Gasteiger charge is -2.27. The van der Waals surface area contributed by atoms with Gasteiger partial charge in [-0.05, 0) is 73.0 Å². The molecule has 1 aliphatic heterocycles. The summed E-state index contributed by atoms with van der Waals surface area (Å²) in [5.41, 5.74) is 6.20. The Balaban J connectivity index is 1.61. The molecule has 1 aromatic heterocycles. The predicted molar refractivity (Wildman–Crippen MR) is 137 cm³/mol. The zero-order chi connectivity index (χ0) is 25.2. The maximum Gasteiger partial charge on any atom is 0.338 e. The normalized spacial score (nSPS) is 14.6. The minimum atomic E-state index is -0.389. The summed E-state index contributed by atoms with van der Waals surface area (Å²) in [6.07, 6.45) is 0.928. The van der Waals surface area contributed by atoms with Crippen LogP contribution in [0.3, 0.4) is 0 Å². The van der Waals surface area contributed by atoms with Crippen molar-refractivity contribution in [1.82, 2.24) is 10.2 Å². The van der Waals surface area contributed by atoms with Crippen molar-refractivity contribution in [3.05, 3.63) is 101 Å². The maximum atomic E-state index is 13.7. The van der Waals surface area contributed by atoms with Crippen LogP contribution < -0.4 is 9.64 Å². The number of rotatable bonds is 7. The molecule has 4 aromatic rings. The molecule has 0 radical (unpaired) electrons. The highest BCUT2D eigenvalue weighted by Gasteiger charge is 2.43. The van der Waals surface area contributed by atoms with Gasteiger partial charge in [0.25, 0.3) is 5.91 Å². The van der Waals surface area contributed by atoms with Crippen LogP contribution in [0.4, 0.5) is 5.69 Å². The van der Waals surface area contributed by atoms with E-state index in [2.05, 4.69) is 41.4 Å². The number of carbonyl (C=O) groups is 2. The molecule has 2 heterocycles. The number of nitrogens with one attached hydrogen (secondary N) is 1. The zero-order valence-electron chi connectivity index (χ0n) is 20.4. The van der Waals surface area contributed by atoms with Crippen LogP contribution >= 0.6 is 0 Å². The number of hydrogen-bond acceptors (Lipinski definition) is 5. The van der Waals surface area contributed by atoms with Crippen molar-refractivity contribution in [2.24, 2.45) is 0 Å². The van der Waals surface area contributed by atoms with Crippen LogP contribution in [0.25, 0.3) is 11.3 Å². The summed E-state index contributed by atoms with van der Waals surface area (Å²) in [4.78, 5) is 27.6. The van der Waals surface area contributed by atoms with Crippen LogP contribution in [0, 0.1) is 0 Å². The number of aromatic amines is 1. The smallest absolute Gasteiger partial charge is 0.338 e. The molecule has 7 heteroatoms. The van der Waals surface area contributed by atoms with E-state index in [9.17, 15) is 9.59 Å². The van der Waals surface area contributed by atoms with E-state index < -0.39 is 0 Å². The Labute approximate surface area is 209 Å². The number of nitrogens with zero attached hydrogens (tertiary/aromatic N) is 2. The van der Waals surface area contributed by atoms with E-state index in [4.69, 9.17) is 9.47 Å². The third kappa shape index (κ3) is 4.02. The number of methoxy groups -OCH3 is 1. The highest BCUT2D eigenvalue weighted by Crippen LogP contribution is 2.45. The number of aryl methyl sites for hydroxylation is 1. The van der Waals surface area contributed by atoms with Gasteiger partial charge >= 0.3 is 5.97 Å². The van der Waals surface area contributed by atoms with Crippen LogP contribution in [-0.4, -0.2) is 35.8 Å². The highest BCUT2D eigenvalue weighted by molar-refractivity contribution is 6.12. The second-order valence-electron chi connectivity index (χ2n) is 8.53.